The van der Waals surface area contributed by atoms with Crippen LogP contribution in [0.2, 0.25) is 0 Å². The molecule has 1 atom stereocenters. The number of rotatable bonds is 5. The lowest BCUT2D eigenvalue weighted by Gasteiger charge is -2.12. The van der Waals surface area contributed by atoms with Crippen LogP contribution in [0.1, 0.15) is 40.2 Å². The van der Waals surface area contributed by atoms with Gasteiger partial charge in [0, 0.05) is 54.3 Å². The van der Waals surface area contributed by atoms with Gasteiger partial charge in [-0.15, -0.1) is 11.3 Å². The molecule has 1 aliphatic rings. The fourth-order valence-electron chi connectivity index (χ4n) is 3.70. The molecule has 3 aromatic rings. The van der Waals surface area contributed by atoms with Crippen molar-refractivity contribution in [3.8, 4) is 0 Å². The number of nitrogens with zero attached hydrogens (tertiary/aromatic N) is 4. The number of likely N-dealkylation sites (tertiary alicyclic amines) is 1. The Hall–Kier alpha value is -2.74. The molecule has 0 radical (unpaired) electrons. The van der Waals surface area contributed by atoms with Crippen molar-refractivity contribution >= 4 is 34.2 Å². The van der Waals surface area contributed by atoms with Crippen LogP contribution in [0.5, 0.6) is 0 Å². The van der Waals surface area contributed by atoms with Crippen molar-refractivity contribution in [2.24, 2.45) is 0 Å². The minimum atomic E-state index is -0.0677. The highest BCUT2D eigenvalue weighted by Crippen LogP contribution is 2.31. The van der Waals surface area contributed by atoms with Gasteiger partial charge >= 0.3 is 0 Å². The van der Waals surface area contributed by atoms with Crippen LogP contribution in [0.4, 0.5) is 0 Å². The van der Waals surface area contributed by atoms with Gasteiger partial charge in [-0.3, -0.25) is 9.59 Å². The van der Waals surface area contributed by atoms with E-state index in [1.807, 2.05) is 40.1 Å². The largest absolute Gasteiger partial charge is 0.350 e. The molecule has 0 aromatic carbocycles. The molecule has 146 valence electrons. The molecule has 0 bridgehead atoms. The number of amides is 2. The molecule has 4 heterocycles. The SMILES string of the molecule is CC(=O)N1CCC(c2nn(CCNC(=O)c3csc(C)c3)c3ncccc23)C1. The van der Waals surface area contributed by atoms with Gasteiger partial charge in [-0.25, -0.2) is 9.67 Å². The molecule has 0 aliphatic carbocycles. The quantitative estimate of drug-likeness (QED) is 0.718. The van der Waals surface area contributed by atoms with E-state index in [0.717, 1.165) is 34.6 Å². The van der Waals surface area contributed by atoms with Gasteiger partial charge in [0.15, 0.2) is 5.65 Å². The molecule has 7 nitrogen and oxygen atoms in total. The van der Waals surface area contributed by atoms with E-state index in [-0.39, 0.29) is 17.7 Å². The zero-order valence-electron chi connectivity index (χ0n) is 16.0. The summed E-state index contributed by atoms with van der Waals surface area (Å²) in [7, 11) is 0. The summed E-state index contributed by atoms with van der Waals surface area (Å²) in [6.45, 7) is 6.09. The highest BCUT2D eigenvalue weighted by molar-refractivity contribution is 7.10. The normalized spacial score (nSPS) is 16.6. The number of hydrogen-bond donors (Lipinski definition) is 1. The van der Waals surface area contributed by atoms with Crippen molar-refractivity contribution in [2.45, 2.75) is 32.7 Å². The van der Waals surface area contributed by atoms with Crippen molar-refractivity contribution in [2.75, 3.05) is 19.6 Å². The third kappa shape index (κ3) is 3.64. The molecule has 1 aliphatic heterocycles. The van der Waals surface area contributed by atoms with Gasteiger partial charge in [-0.05, 0) is 31.5 Å². The Morgan fingerprint density at radius 2 is 2.25 bits per heavy atom. The summed E-state index contributed by atoms with van der Waals surface area (Å²) >= 11 is 1.57. The van der Waals surface area contributed by atoms with Crippen LogP contribution in [0, 0.1) is 6.92 Å². The van der Waals surface area contributed by atoms with E-state index in [1.165, 1.54) is 0 Å². The monoisotopic (exact) mass is 397 g/mol. The average molecular weight is 398 g/mol. The molecule has 2 amide bonds. The van der Waals surface area contributed by atoms with Crippen LogP contribution in [-0.4, -0.2) is 51.1 Å². The Morgan fingerprint density at radius 1 is 1.39 bits per heavy atom. The molecular weight excluding hydrogens is 374 g/mol. The second-order valence-corrected chi connectivity index (χ2v) is 8.25. The predicted molar refractivity (Wildman–Crippen MR) is 109 cm³/mol. The van der Waals surface area contributed by atoms with Gasteiger partial charge in [-0.2, -0.15) is 5.10 Å². The highest BCUT2D eigenvalue weighted by atomic mass is 32.1. The lowest BCUT2D eigenvalue weighted by atomic mass is 10.0. The molecule has 0 saturated carbocycles. The molecule has 28 heavy (non-hydrogen) atoms. The molecule has 8 heteroatoms. The minimum Gasteiger partial charge on any atom is -0.350 e. The lowest BCUT2D eigenvalue weighted by molar-refractivity contribution is -0.127. The van der Waals surface area contributed by atoms with Crippen molar-refractivity contribution in [3.05, 3.63) is 45.9 Å². The van der Waals surface area contributed by atoms with Gasteiger partial charge in [0.05, 0.1) is 17.8 Å². The molecule has 1 unspecified atom stereocenters. The first-order valence-corrected chi connectivity index (χ1v) is 10.3. The number of pyridine rings is 1. The number of carbonyl (C=O) groups excluding carboxylic acids is 2. The molecule has 1 fully saturated rings. The summed E-state index contributed by atoms with van der Waals surface area (Å²) in [5, 5.41) is 10.7. The van der Waals surface area contributed by atoms with Gasteiger partial charge in [0.2, 0.25) is 5.91 Å². The number of thiophene rings is 1. The maximum atomic E-state index is 12.2. The van der Waals surface area contributed by atoms with Gasteiger partial charge < -0.3 is 10.2 Å². The third-order valence-corrected chi connectivity index (χ3v) is 6.02. The summed E-state index contributed by atoms with van der Waals surface area (Å²) in [5.74, 6) is 0.262. The minimum absolute atomic E-state index is 0.0677. The zero-order valence-corrected chi connectivity index (χ0v) is 16.8. The third-order valence-electron chi connectivity index (χ3n) is 5.16. The predicted octanol–water partition coefficient (Wildman–Crippen LogP) is 2.57. The number of carbonyl (C=O) groups is 2. The Morgan fingerprint density at radius 3 is 2.96 bits per heavy atom. The first-order valence-electron chi connectivity index (χ1n) is 9.43. The van der Waals surface area contributed by atoms with Crippen molar-refractivity contribution < 1.29 is 9.59 Å². The van der Waals surface area contributed by atoms with E-state index in [4.69, 9.17) is 5.10 Å². The zero-order chi connectivity index (χ0) is 19.7. The number of aromatic nitrogens is 3. The molecule has 1 N–H and O–H groups in total. The number of hydrogen-bond acceptors (Lipinski definition) is 5. The van der Waals surface area contributed by atoms with E-state index in [9.17, 15) is 9.59 Å². The van der Waals surface area contributed by atoms with Crippen LogP contribution in [0.15, 0.2) is 29.8 Å². The summed E-state index contributed by atoms with van der Waals surface area (Å²) in [4.78, 5) is 31.4. The van der Waals surface area contributed by atoms with E-state index in [1.54, 1.807) is 24.5 Å². The van der Waals surface area contributed by atoms with Crippen LogP contribution in [0.3, 0.4) is 0 Å². The van der Waals surface area contributed by atoms with Crippen LogP contribution >= 0.6 is 11.3 Å². The molecule has 4 rings (SSSR count). The second kappa shape index (κ2) is 7.71. The van der Waals surface area contributed by atoms with E-state index < -0.39 is 0 Å². The first kappa shape index (κ1) is 18.6. The fourth-order valence-corrected chi connectivity index (χ4v) is 4.38. The summed E-state index contributed by atoms with van der Waals surface area (Å²) in [6.07, 6.45) is 2.67. The molecule has 1 saturated heterocycles. The van der Waals surface area contributed by atoms with Crippen LogP contribution < -0.4 is 5.32 Å². The fraction of sp³-hybridized carbons (Fsp3) is 0.400. The Labute approximate surface area is 167 Å². The van der Waals surface area contributed by atoms with E-state index in [2.05, 4.69) is 10.3 Å². The highest BCUT2D eigenvalue weighted by Gasteiger charge is 2.29. The van der Waals surface area contributed by atoms with Crippen molar-refractivity contribution in [3.63, 3.8) is 0 Å². The van der Waals surface area contributed by atoms with E-state index in [0.29, 0.717) is 25.2 Å². The first-order chi connectivity index (χ1) is 13.5. The number of fused-ring (bicyclic) bond motifs is 1. The molecular formula is C20H23N5O2S. The summed E-state index contributed by atoms with van der Waals surface area (Å²) < 4.78 is 1.86. The topological polar surface area (TPSA) is 80.1 Å². The van der Waals surface area contributed by atoms with Gasteiger partial charge in [-0.1, -0.05) is 0 Å². The van der Waals surface area contributed by atoms with Gasteiger partial charge in [0.1, 0.15) is 0 Å². The smallest absolute Gasteiger partial charge is 0.252 e. The summed E-state index contributed by atoms with van der Waals surface area (Å²) in [6, 6.07) is 5.84. The maximum absolute atomic E-state index is 12.2. The Bertz CT molecular complexity index is 1020. The van der Waals surface area contributed by atoms with Crippen LogP contribution in [0.25, 0.3) is 11.0 Å². The van der Waals surface area contributed by atoms with E-state index >= 15 is 0 Å². The number of aryl methyl sites for hydroxylation is 1. The maximum Gasteiger partial charge on any atom is 0.252 e. The Balaban J connectivity index is 1.49. The number of nitrogens with one attached hydrogen (secondary N) is 1. The molecule has 0 spiro atoms. The second-order valence-electron chi connectivity index (χ2n) is 7.14. The standard InChI is InChI=1S/C20H23N5O2S/c1-13-10-16(12-28-13)20(27)22-7-9-25-19-17(4-3-6-21-19)18(23-25)15-5-8-24(11-15)14(2)26/h3-4,6,10,12,15H,5,7-9,11H2,1-2H3,(H,22,27). The summed E-state index contributed by atoms with van der Waals surface area (Å²) in [5.41, 5.74) is 2.51. The van der Waals surface area contributed by atoms with Gasteiger partial charge in [0.25, 0.3) is 5.91 Å². The van der Waals surface area contributed by atoms with Crippen LogP contribution in [-0.2, 0) is 11.3 Å². The van der Waals surface area contributed by atoms with Crippen molar-refractivity contribution in [1.29, 1.82) is 0 Å². The molecule has 3 aromatic heterocycles. The Kier molecular flexibility index (Phi) is 5.13. The van der Waals surface area contributed by atoms with Crippen molar-refractivity contribution in [1.82, 2.24) is 25.0 Å². The average Bonchev–Trinajstić information content (AvgIpc) is 3.40. The lowest BCUT2D eigenvalue weighted by Crippen LogP contribution is -2.27.